The van der Waals surface area contributed by atoms with Gasteiger partial charge in [0.1, 0.15) is 12.6 Å². The number of hydrogen-bond acceptors (Lipinski definition) is 4. The number of rotatable bonds is 8. The summed E-state index contributed by atoms with van der Waals surface area (Å²) in [6, 6.07) is 12.2. The molecule has 10 heteroatoms. The molecule has 0 saturated heterocycles. The number of nitrogens with zero attached hydrogens (tertiary/aromatic N) is 2. The molecule has 2 amide bonds. The number of carbonyl (C=O) groups excluding carboxylic acids is 2. The lowest BCUT2D eigenvalue weighted by molar-refractivity contribution is -0.139. The molecule has 1 N–H and O–H groups in total. The fraction of sp³-hybridized carbons (Fsp3) is 0.300. The molecule has 162 valence electrons. The van der Waals surface area contributed by atoms with Gasteiger partial charge in [0.05, 0.1) is 11.9 Å². The standard InChI is InChI=1S/C20H23Cl2N3O4S/c1-14(20(27)23-2)24(12-15-5-4-6-17(22)11-15)19(26)13-25(30(3,28)29)18-9-7-16(21)8-10-18/h4-11,14H,12-13H2,1-3H3,(H,23,27)/t14-/m0/s1. The molecular weight excluding hydrogens is 449 g/mol. The van der Waals surface area contributed by atoms with Crippen molar-refractivity contribution in [2.45, 2.75) is 19.5 Å². The van der Waals surface area contributed by atoms with E-state index in [2.05, 4.69) is 5.32 Å². The Bertz CT molecular complexity index is 1010. The molecule has 0 aliphatic heterocycles. The SMILES string of the molecule is CNC(=O)[C@H](C)N(Cc1cccc(Cl)c1)C(=O)CN(c1ccc(Cl)cc1)S(C)(=O)=O. The molecule has 1 atom stereocenters. The smallest absolute Gasteiger partial charge is 0.244 e. The topological polar surface area (TPSA) is 86.8 Å². The van der Waals surface area contributed by atoms with Crippen LogP contribution < -0.4 is 9.62 Å². The van der Waals surface area contributed by atoms with Crippen LogP contribution in [0.5, 0.6) is 0 Å². The third-order valence-corrected chi connectivity index (χ3v) is 6.08. The first kappa shape index (κ1) is 24.0. The van der Waals surface area contributed by atoms with Gasteiger partial charge in [0.2, 0.25) is 21.8 Å². The number of sulfonamides is 1. The van der Waals surface area contributed by atoms with Crippen LogP contribution in [0.3, 0.4) is 0 Å². The fourth-order valence-electron chi connectivity index (χ4n) is 2.84. The van der Waals surface area contributed by atoms with Gasteiger partial charge in [0.25, 0.3) is 0 Å². The molecule has 0 aromatic heterocycles. The van der Waals surface area contributed by atoms with E-state index in [1.807, 2.05) is 0 Å². The molecule has 0 saturated carbocycles. The number of anilines is 1. The molecule has 0 unspecified atom stereocenters. The maximum atomic E-state index is 13.2. The summed E-state index contributed by atoms with van der Waals surface area (Å²) in [5.41, 5.74) is 1.01. The summed E-state index contributed by atoms with van der Waals surface area (Å²) in [6.07, 6.45) is 1.01. The van der Waals surface area contributed by atoms with Gasteiger partial charge < -0.3 is 10.2 Å². The molecule has 0 aliphatic rings. The number of halogens is 2. The average molecular weight is 472 g/mol. The maximum Gasteiger partial charge on any atom is 0.244 e. The second-order valence-electron chi connectivity index (χ2n) is 6.69. The van der Waals surface area contributed by atoms with Crippen molar-refractivity contribution in [3.8, 4) is 0 Å². The predicted octanol–water partition coefficient (Wildman–Crippen LogP) is 2.92. The lowest BCUT2D eigenvalue weighted by Crippen LogP contribution is -2.50. The van der Waals surface area contributed by atoms with Crippen LogP contribution in [-0.4, -0.2) is 51.0 Å². The van der Waals surface area contributed by atoms with Crippen molar-refractivity contribution in [2.24, 2.45) is 0 Å². The predicted molar refractivity (Wildman–Crippen MR) is 119 cm³/mol. The second kappa shape index (κ2) is 10.1. The lowest BCUT2D eigenvalue weighted by Gasteiger charge is -2.31. The van der Waals surface area contributed by atoms with Gasteiger partial charge in [-0.3, -0.25) is 13.9 Å². The van der Waals surface area contributed by atoms with E-state index >= 15 is 0 Å². The number of likely N-dealkylation sites (N-methyl/N-ethyl adjacent to an activating group) is 1. The van der Waals surface area contributed by atoms with E-state index < -0.39 is 28.5 Å². The Morgan fingerprint density at radius 3 is 2.23 bits per heavy atom. The first-order valence-corrected chi connectivity index (χ1v) is 11.6. The molecule has 0 aliphatic carbocycles. The van der Waals surface area contributed by atoms with Gasteiger partial charge in [-0.05, 0) is 48.9 Å². The van der Waals surface area contributed by atoms with Gasteiger partial charge in [-0.15, -0.1) is 0 Å². The minimum absolute atomic E-state index is 0.0895. The molecule has 7 nitrogen and oxygen atoms in total. The van der Waals surface area contributed by atoms with Crippen LogP contribution in [0.15, 0.2) is 48.5 Å². The van der Waals surface area contributed by atoms with Gasteiger partial charge in [-0.1, -0.05) is 35.3 Å². The number of hydrogen-bond donors (Lipinski definition) is 1. The van der Waals surface area contributed by atoms with Crippen LogP contribution >= 0.6 is 23.2 Å². The van der Waals surface area contributed by atoms with Crippen LogP contribution in [-0.2, 0) is 26.2 Å². The molecule has 0 bridgehead atoms. The molecule has 2 aromatic carbocycles. The van der Waals surface area contributed by atoms with Crippen molar-refractivity contribution in [3.63, 3.8) is 0 Å². The van der Waals surface area contributed by atoms with E-state index in [4.69, 9.17) is 23.2 Å². The van der Waals surface area contributed by atoms with Gasteiger partial charge in [-0.2, -0.15) is 0 Å². The van der Waals surface area contributed by atoms with Crippen molar-refractivity contribution in [1.82, 2.24) is 10.2 Å². The molecule has 2 aromatic rings. The maximum absolute atomic E-state index is 13.2. The molecule has 30 heavy (non-hydrogen) atoms. The summed E-state index contributed by atoms with van der Waals surface area (Å²) >= 11 is 11.9. The van der Waals surface area contributed by atoms with Crippen LogP contribution in [0.4, 0.5) is 5.69 Å². The Labute approximate surface area is 186 Å². The Hall–Kier alpha value is -2.29. The minimum Gasteiger partial charge on any atom is -0.357 e. The highest BCUT2D eigenvalue weighted by Crippen LogP contribution is 2.21. The van der Waals surface area contributed by atoms with E-state index in [0.29, 0.717) is 21.3 Å². The van der Waals surface area contributed by atoms with Gasteiger partial charge in [-0.25, -0.2) is 8.42 Å². The number of nitrogens with one attached hydrogen (secondary N) is 1. The molecule has 0 heterocycles. The number of amides is 2. The Morgan fingerprint density at radius 1 is 1.07 bits per heavy atom. The van der Waals surface area contributed by atoms with Crippen molar-refractivity contribution in [2.75, 3.05) is 24.2 Å². The highest BCUT2D eigenvalue weighted by Gasteiger charge is 2.29. The summed E-state index contributed by atoms with van der Waals surface area (Å²) in [5.74, 6) is -0.908. The zero-order chi connectivity index (χ0) is 22.5. The van der Waals surface area contributed by atoms with Crippen LogP contribution in [0.2, 0.25) is 10.0 Å². The monoisotopic (exact) mass is 471 g/mol. The summed E-state index contributed by atoms with van der Waals surface area (Å²) in [7, 11) is -2.30. The van der Waals surface area contributed by atoms with E-state index in [0.717, 1.165) is 10.6 Å². The largest absolute Gasteiger partial charge is 0.357 e. The molecule has 0 fully saturated rings. The van der Waals surface area contributed by atoms with E-state index in [1.165, 1.54) is 36.2 Å². The number of carbonyl (C=O) groups is 2. The quantitative estimate of drug-likeness (QED) is 0.640. The number of benzene rings is 2. The van der Waals surface area contributed by atoms with E-state index in [1.54, 1.807) is 31.2 Å². The zero-order valence-electron chi connectivity index (χ0n) is 16.8. The van der Waals surface area contributed by atoms with Crippen molar-refractivity contribution in [1.29, 1.82) is 0 Å². The molecule has 2 rings (SSSR count). The summed E-state index contributed by atoms with van der Waals surface area (Å²) < 4.78 is 25.7. The fourth-order valence-corrected chi connectivity index (χ4v) is 4.03. The third-order valence-electron chi connectivity index (χ3n) is 4.45. The Morgan fingerprint density at radius 2 is 1.70 bits per heavy atom. The van der Waals surface area contributed by atoms with E-state index in [-0.39, 0.29) is 12.5 Å². The first-order chi connectivity index (χ1) is 14.0. The molecule has 0 radical (unpaired) electrons. The second-order valence-corrected chi connectivity index (χ2v) is 9.47. The summed E-state index contributed by atoms with van der Waals surface area (Å²) in [4.78, 5) is 26.7. The van der Waals surface area contributed by atoms with Crippen LogP contribution in [0.1, 0.15) is 12.5 Å². The lowest BCUT2D eigenvalue weighted by atomic mass is 10.1. The first-order valence-electron chi connectivity index (χ1n) is 9.01. The summed E-state index contributed by atoms with van der Waals surface area (Å²) in [6.45, 7) is 1.20. The van der Waals surface area contributed by atoms with E-state index in [9.17, 15) is 18.0 Å². The van der Waals surface area contributed by atoms with Gasteiger partial charge >= 0.3 is 0 Å². The van der Waals surface area contributed by atoms with Gasteiger partial charge in [0, 0.05) is 23.6 Å². The van der Waals surface area contributed by atoms with Crippen molar-refractivity contribution >= 4 is 50.7 Å². The molecule has 0 spiro atoms. The van der Waals surface area contributed by atoms with Crippen molar-refractivity contribution in [3.05, 3.63) is 64.1 Å². The minimum atomic E-state index is -3.77. The highest BCUT2D eigenvalue weighted by molar-refractivity contribution is 7.92. The molecular formula is C20H23Cl2N3O4S. The average Bonchev–Trinajstić information content (AvgIpc) is 2.69. The normalized spacial score (nSPS) is 12.2. The zero-order valence-corrected chi connectivity index (χ0v) is 19.1. The van der Waals surface area contributed by atoms with Crippen molar-refractivity contribution < 1.29 is 18.0 Å². The third kappa shape index (κ3) is 6.35. The summed E-state index contributed by atoms with van der Waals surface area (Å²) in [5, 5.41) is 3.44. The van der Waals surface area contributed by atoms with Crippen LogP contribution in [0.25, 0.3) is 0 Å². The van der Waals surface area contributed by atoms with Crippen LogP contribution in [0, 0.1) is 0 Å². The Kier molecular flexibility index (Phi) is 8.11. The highest BCUT2D eigenvalue weighted by atomic mass is 35.5. The Balaban J connectivity index is 2.36. The van der Waals surface area contributed by atoms with Gasteiger partial charge in [0.15, 0.2) is 0 Å².